The number of nitrogens with one attached hydrogen (secondary N) is 1. The summed E-state index contributed by atoms with van der Waals surface area (Å²) in [5.74, 6) is 0.135. The topological polar surface area (TPSA) is 50.8 Å². The Bertz CT molecular complexity index is 884. The summed E-state index contributed by atoms with van der Waals surface area (Å²) in [6.45, 7) is 2.80. The Labute approximate surface area is 168 Å². The molecule has 0 radical (unpaired) electrons. The van der Waals surface area contributed by atoms with Crippen molar-refractivity contribution < 1.29 is 18.7 Å². The van der Waals surface area contributed by atoms with Crippen LogP contribution in [0.2, 0.25) is 5.02 Å². The molecule has 2 aromatic carbocycles. The average molecular weight is 405 g/mol. The zero-order chi connectivity index (χ0) is 19.5. The van der Waals surface area contributed by atoms with Crippen molar-refractivity contribution in [2.45, 2.75) is 25.7 Å². The van der Waals surface area contributed by atoms with Crippen LogP contribution < -0.4 is 19.7 Å². The second-order valence-corrected chi connectivity index (χ2v) is 7.41. The zero-order valence-corrected chi connectivity index (χ0v) is 16.2. The minimum atomic E-state index is -0.396. The predicted molar refractivity (Wildman–Crippen MR) is 107 cm³/mol. The average Bonchev–Trinajstić information content (AvgIpc) is 2.95. The van der Waals surface area contributed by atoms with Crippen LogP contribution in [-0.2, 0) is 0 Å². The van der Waals surface area contributed by atoms with Crippen LogP contribution >= 0.6 is 11.6 Å². The first kappa shape index (κ1) is 18.9. The maximum absolute atomic E-state index is 13.9. The first-order valence-electron chi connectivity index (χ1n) is 9.57. The Kier molecular flexibility index (Phi) is 5.57. The molecule has 7 heteroatoms. The van der Waals surface area contributed by atoms with Crippen molar-refractivity contribution in [3.05, 3.63) is 46.7 Å². The molecule has 2 heterocycles. The number of hydrogen-bond donors (Lipinski definition) is 1. The molecular formula is C21H22ClFN2O3. The summed E-state index contributed by atoms with van der Waals surface area (Å²) in [6.07, 6.45) is 4.11. The smallest absolute Gasteiger partial charge is 0.255 e. The van der Waals surface area contributed by atoms with Crippen molar-refractivity contribution in [3.63, 3.8) is 0 Å². The van der Waals surface area contributed by atoms with E-state index in [2.05, 4.69) is 10.2 Å². The fourth-order valence-corrected chi connectivity index (χ4v) is 3.84. The maximum Gasteiger partial charge on any atom is 0.255 e. The number of hydrogen-bond acceptors (Lipinski definition) is 4. The Morgan fingerprint density at radius 1 is 1.04 bits per heavy atom. The standard InChI is InChI=1S/C21H22ClFN2O3/c22-16-11-14(12-19-20(16)28-10-4-9-27-19)21(26)24-17-13-15(23)5-6-18(17)25-7-2-1-3-8-25/h5-6,11-13H,1-4,7-10H2,(H,24,26). The highest BCUT2D eigenvalue weighted by Crippen LogP contribution is 2.38. The van der Waals surface area contributed by atoms with Crippen molar-refractivity contribution in [2.24, 2.45) is 0 Å². The van der Waals surface area contributed by atoms with Crippen LogP contribution in [0, 0.1) is 5.82 Å². The summed E-state index contributed by atoms with van der Waals surface area (Å²) < 4.78 is 25.1. The summed E-state index contributed by atoms with van der Waals surface area (Å²) >= 11 is 6.29. The highest BCUT2D eigenvalue weighted by Gasteiger charge is 2.21. The second kappa shape index (κ2) is 8.27. The van der Waals surface area contributed by atoms with Gasteiger partial charge in [0.25, 0.3) is 5.91 Å². The van der Waals surface area contributed by atoms with Gasteiger partial charge in [-0.3, -0.25) is 4.79 Å². The van der Waals surface area contributed by atoms with Gasteiger partial charge in [-0.25, -0.2) is 4.39 Å². The molecule has 4 rings (SSSR count). The molecule has 1 fully saturated rings. The molecule has 28 heavy (non-hydrogen) atoms. The SMILES string of the molecule is O=C(Nc1cc(F)ccc1N1CCCCC1)c1cc(Cl)c2c(c1)OCCCO2. The normalized spacial score (nSPS) is 16.4. The first-order valence-corrected chi connectivity index (χ1v) is 9.94. The highest BCUT2D eigenvalue weighted by molar-refractivity contribution is 6.32. The molecule has 0 spiro atoms. The van der Waals surface area contributed by atoms with Gasteiger partial charge in [0.05, 0.1) is 29.6 Å². The van der Waals surface area contributed by atoms with Gasteiger partial charge in [-0.1, -0.05) is 11.6 Å². The number of fused-ring (bicyclic) bond motifs is 1. The van der Waals surface area contributed by atoms with Gasteiger partial charge in [0, 0.05) is 25.1 Å². The molecule has 1 amide bonds. The molecule has 5 nitrogen and oxygen atoms in total. The van der Waals surface area contributed by atoms with Gasteiger partial charge in [0.15, 0.2) is 11.5 Å². The number of carbonyl (C=O) groups excluding carboxylic acids is 1. The van der Waals surface area contributed by atoms with Crippen molar-refractivity contribution in [2.75, 3.05) is 36.5 Å². The van der Waals surface area contributed by atoms with Crippen molar-refractivity contribution >= 4 is 28.9 Å². The lowest BCUT2D eigenvalue weighted by Crippen LogP contribution is -2.30. The van der Waals surface area contributed by atoms with Gasteiger partial charge in [-0.15, -0.1) is 0 Å². The minimum Gasteiger partial charge on any atom is -0.489 e. The van der Waals surface area contributed by atoms with Crippen molar-refractivity contribution in [1.82, 2.24) is 0 Å². The van der Waals surface area contributed by atoms with E-state index >= 15 is 0 Å². The van der Waals surface area contributed by atoms with Gasteiger partial charge in [-0.2, -0.15) is 0 Å². The number of piperidine rings is 1. The van der Waals surface area contributed by atoms with Crippen molar-refractivity contribution in [1.29, 1.82) is 0 Å². The van der Waals surface area contributed by atoms with Crippen LogP contribution in [0.4, 0.5) is 15.8 Å². The molecule has 0 aromatic heterocycles. The van der Waals surface area contributed by atoms with E-state index in [9.17, 15) is 9.18 Å². The minimum absolute atomic E-state index is 0.319. The zero-order valence-electron chi connectivity index (χ0n) is 15.5. The summed E-state index contributed by atoms with van der Waals surface area (Å²) in [6, 6.07) is 7.65. The van der Waals surface area contributed by atoms with Gasteiger partial charge in [-0.05, 0) is 49.6 Å². The van der Waals surface area contributed by atoms with Crippen LogP contribution in [0.3, 0.4) is 0 Å². The summed E-state index contributed by atoms with van der Waals surface area (Å²) in [7, 11) is 0. The molecule has 1 saturated heterocycles. The number of nitrogens with zero attached hydrogens (tertiary/aromatic N) is 1. The molecule has 2 aliphatic heterocycles. The Morgan fingerprint density at radius 2 is 1.82 bits per heavy atom. The molecule has 0 saturated carbocycles. The number of ether oxygens (including phenoxy) is 2. The summed E-state index contributed by atoms with van der Waals surface area (Å²) in [4.78, 5) is 15.1. The van der Waals surface area contributed by atoms with Crippen molar-refractivity contribution in [3.8, 4) is 11.5 Å². The molecule has 0 aliphatic carbocycles. The maximum atomic E-state index is 13.9. The fraction of sp³-hybridized carbons (Fsp3) is 0.381. The number of benzene rings is 2. The molecule has 0 bridgehead atoms. The van der Waals surface area contributed by atoms with Crippen LogP contribution in [0.25, 0.3) is 0 Å². The van der Waals surface area contributed by atoms with Crippen LogP contribution in [0.15, 0.2) is 30.3 Å². The second-order valence-electron chi connectivity index (χ2n) is 7.00. The van der Waals surface area contributed by atoms with Crippen LogP contribution in [0.1, 0.15) is 36.0 Å². The number of halogens is 2. The van der Waals surface area contributed by atoms with E-state index in [1.54, 1.807) is 18.2 Å². The lowest BCUT2D eigenvalue weighted by Gasteiger charge is -2.30. The Balaban J connectivity index is 1.61. The third-order valence-corrected chi connectivity index (χ3v) is 5.25. The lowest BCUT2D eigenvalue weighted by molar-refractivity contribution is 0.102. The predicted octanol–water partition coefficient (Wildman–Crippen LogP) is 4.88. The van der Waals surface area contributed by atoms with E-state index in [0.717, 1.165) is 38.0 Å². The van der Waals surface area contributed by atoms with E-state index in [0.29, 0.717) is 41.0 Å². The highest BCUT2D eigenvalue weighted by atomic mass is 35.5. The van der Waals surface area contributed by atoms with E-state index in [4.69, 9.17) is 21.1 Å². The van der Waals surface area contributed by atoms with Gasteiger partial charge >= 0.3 is 0 Å². The van der Waals surface area contributed by atoms with Gasteiger partial charge in [0.1, 0.15) is 5.82 Å². The van der Waals surface area contributed by atoms with E-state index in [-0.39, 0.29) is 5.91 Å². The number of rotatable bonds is 3. The first-order chi connectivity index (χ1) is 13.6. The fourth-order valence-electron chi connectivity index (χ4n) is 3.58. The number of amides is 1. The third kappa shape index (κ3) is 4.02. The van der Waals surface area contributed by atoms with E-state index < -0.39 is 5.82 Å². The Morgan fingerprint density at radius 3 is 2.64 bits per heavy atom. The number of carbonyl (C=O) groups is 1. The molecule has 0 atom stereocenters. The van der Waals surface area contributed by atoms with E-state index in [1.165, 1.54) is 18.6 Å². The van der Waals surface area contributed by atoms with Crippen LogP contribution in [0.5, 0.6) is 11.5 Å². The molecule has 148 valence electrons. The van der Waals surface area contributed by atoms with Crippen LogP contribution in [-0.4, -0.2) is 32.2 Å². The molecular weight excluding hydrogens is 383 g/mol. The van der Waals surface area contributed by atoms with Gasteiger partial charge in [0.2, 0.25) is 0 Å². The summed E-state index contributed by atoms with van der Waals surface area (Å²) in [5.41, 5.74) is 1.62. The van der Waals surface area contributed by atoms with Gasteiger partial charge < -0.3 is 19.7 Å². The molecule has 1 N–H and O–H groups in total. The molecule has 2 aliphatic rings. The lowest BCUT2D eigenvalue weighted by atomic mass is 10.1. The summed E-state index contributed by atoms with van der Waals surface area (Å²) in [5, 5.41) is 3.16. The van der Waals surface area contributed by atoms with E-state index in [1.807, 2.05) is 0 Å². The third-order valence-electron chi connectivity index (χ3n) is 4.97. The quantitative estimate of drug-likeness (QED) is 0.791. The molecule has 0 unspecified atom stereocenters. The number of anilines is 2. The Hall–Kier alpha value is -2.47. The largest absolute Gasteiger partial charge is 0.489 e. The monoisotopic (exact) mass is 404 g/mol. The molecule has 2 aromatic rings.